The van der Waals surface area contributed by atoms with Gasteiger partial charge in [-0.15, -0.1) is 10.2 Å². The highest BCUT2D eigenvalue weighted by Crippen LogP contribution is 2.42. The van der Waals surface area contributed by atoms with Crippen LogP contribution in [0.2, 0.25) is 0 Å². The van der Waals surface area contributed by atoms with Crippen LogP contribution in [0, 0.1) is 11.8 Å². The molecule has 1 aromatic rings. The van der Waals surface area contributed by atoms with Crippen LogP contribution >= 0.6 is 0 Å². The first-order chi connectivity index (χ1) is 13.6. The molecule has 0 bridgehead atoms. The van der Waals surface area contributed by atoms with E-state index in [4.69, 9.17) is 5.73 Å². The van der Waals surface area contributed by atoms with Crippen LogP contribution in [-0.2, 0) is 19.3 Å². The lowest BCUT2D eigenvalue weighted by molar-refractivity contribution is -0.148. The van der Waals surface area contributed by atoms with E-state index in [1.54, 1.807) is 0 Å². The lowest BCUT2D eigenvalue weighted by Crippen LogP contribution is -2.50. The van der Waals surface area contributed by atoms with Crippen LogP contribution in [-0.4, -0.2) is 38.3 Å². The number of alkyl halides is 3. The standard InChI is InChI=1S/C18H21F6N5/c19-12-7-14(21)13(20)6-11(12)10-2-1-9(5-15(10)25)28-3-4-29-16(8-28)26-27-17(29)18(22,23)24/h7,9-11,15H,1-6,8,25H2/t9-,10?,11-,15+/m1/s1. The summed E-state index contributed by atoms with van der Waals surface area (Å²) in [5, 5.41) is 6.96. The third-order valence-electron chi connectivity index (χ3n) is 6.27. The largest absolute Gasteiger partial charge is 0.451 e. The molecular weight excluding hydrogens is 400 g/mol. The third kappa shape index (κ3) is 3.81. The van der Waals surface area contributed by atoms with Crippen molar-refractivity contribution in [3.05, 3.63) is 35.2 Å². The topological polar surface area (TPSA) is 60.0 Å². The zero-order chi connectivity index (χ0) is 20.9. The highest BCUT2D eigenvalue weighted by atomic mass is 19.4. The van der Waals surface area contributed by atoms with E-state index in [1.807, 2.05) is 4.90 Å². The van der Waals surface area contributed by atoms with Gasteiger partial charge in [-0.2, -0.15) is 13.2 Å². The van der Waals surface area contributed by atoms with Crippen LogP contribution in [0.1, 0.15) is 37.3 Å². The van der Waals surface area contributed by atoms with E-state index >= 15 is 0 Å². The molecule has 29 heavy (non-hydrogen) atoms. The van der Waals surface area contributed by atoms with Crippen molar-refractivity contribution >= 4 is 0 Å². The minimum absolute atomic E-state index is 0.00814. The first-order valence-corrected chi connectivity index (χ1v) is 9.55. The van der Waals surface area contributed by atoms with Crippen molar-refractivity contribution in [2.75, 3.05) is 6.54 Å². The van der Waals surface area contributed by atoms with Gasteiger partial charge in [0.05, 0.1) is 6.54 Å². The summed E-state index contributed by atoms with van der Waals surface area (Å²) < 4.78 is 81.1. The number of rotatable bonds is 2. The Hall–Kier alpha value is -1.88. The Morgan fingerprint density at radius 3 is 2.52 bits per heavy atom. The van der Waals surface area contributed by atoms with E-state index in [1.165, 1.54) is 0 Å². The summed E-state index contributed by atoms with van der Waals surface area (Å²) in [5.74, 6) is -4.64. The lowest BCUT2D eigenvalue weighted by atomic mass is 9.72. The Balaban J connectivity index is 1.41. The Bertz CT molecular complexity index is 844. The fourth-order valence-corrected chi connectivity index (χ4v) is 4.79. The van der Waals surface area contributed by atoms with Crippen molar-refractivity contribution in [1.82, 2.24) is 19.7 Å². The van der Waals surface area contributed by atoms with Gasteiger partial charge in [0.15, 0.2) is 5.83 Å². The molecule has 4 atom stereocenters. The SMILES string of the molecule is N[C@H]1C[C@H](N2CCn3c(nnc3C(F)(F)F)C2)CCC1[C@H]1CC(F)=C(F)C=C1F. The maximum Gasteiger partial charge on any atom is 0.451 e. The van der Waals surface area contributed by atoms with Crippen LogP contribution in [0.3, 0.4) is 0 Å². The smallest absolute Gasteiger partial charge is 0.327 e. The summed E-state index contributed by atoms with van der Waals surface area (Å²) in [5.41, 5.74) is 6.27. The molecule has 0 saturated heterocycles. The molecule has 3 aliphatic rings. The molecule has 1 saturated carbocycles. The van der Waals surface area contributed by atoms with E-state index in [9.17, 15) is 26.3 Å². The highest BCUT2D eigenvalue weighted by molar-refractivity contribution is 5.26. The van der Waals surface area contributed by atoms with Gasteiger partial charge in [0, 0.05) is 43.6 Å². The van der Waals surface area contributed by atoms with Gasteiger partial charge in [0.2, 0.25) is 5.82 Å². The second-order valence-corrected chi connectivity index (χ2v) is 7.95. The number of fused-ring (bicyclic) bond motifs is 1. The van der Waals surface area contributed by atoms with Crippen LogP contribution in [0.5, 0.6) is 0 Å². The van der Waals surface area contributed by atoms with Gasteiger partial charge in [-0.1, -0.05) is 0 Å². The molecule has 1 aromatic heterocycles. The number of hydrogen-bond acceptors (Lipinski definition) is 4. The van der Waals surface area contributed by atoms with Gasteiger partial charge < -0.3 is 10.3 Å². The molecule has 160 valence electrons. The van der Waals surface area contributed by atoms with Gasteiger partial charge in [-0.05, 0) is 25.2 Å². The molecular formula is C18H21F6N5. The first kappa shape index (κ1) is 20.4. The molecule has 2 aliphatic carbocycles. The van der Waals surface area contributed by atoms with E-state index in [-0.39, 0.29) is 37.3 Å². The molecule has 0 radical (unpaired) electrons. The monoisotopic (exact) mass is 421 g/mol. The minimum atomic E-state index is -4.55. The molecule has 1 aliphatic heterocycles. The Morgan fingerprint density at radius 1 is 1.07 bits per heavy atom. The van der Waals surface area contributed by atoms with Crippen LogP contribution < -0.4 is 5.73 Å². The van der Waals surface area contributed by atoms with Crippen molar-refractivity contribution in [1.29, 1.82) is 0 Å². The molecule has 4 rings (SSSR count). The van der Waals surface area contributed by atoms with Gasteiger partial charge in [-0.3, -0.25) is 4.90 Å². The summed E-state index contributed by atoms with van der Waals surface area (Å²) in [6, 6.07) is -0.411. The summed E-state index contributed by atoms with van der Waals surface area (Å²) in [7, 11) is 0. The lowest BCUT2D eigenvalue weighted by Gasteiger charge is -2.43. The molecule has 2 N–H and O–H groups in total. The number of allylic oxidation sites excluding steroid dienone is 4. The molecule has 0 spiro atoms. The fourth-order valence-electron chi connectivity index (χ4n) is 4.79. The van der Waals surface area contributed by atoms with E-state index in [0.29, 0.717) is 31.9 Å². The normalized spacial score (nSPS) is 31.6. The van der Waals surface area contributed by atoms with Crippen LogP contribution in [0.15, 0.2) is 23.6 Å². The number of nitrogens with zero attached hydrogens (tertiary/aromatic N) is 4. The molecule has 0 aromatic carbocycles. The van der Waals surface area contributed by atoms with E-state index in [2.05, 4.69) is 10.2 Å². The maximum atomic E-state index is 14.2. The maximum absolute atomic E-state index is 14.2. The average molecular weight is 421 g/mol. The Kier molecular flexibility index (Phi) is 5.22. The summed E-state index contributed by atoms with van der Waals surface area (Å²) in [6.07, 6.45) is -2.60. The molecule has 0 amide bonds. The van der Waals surface area contributed by atoms with E-state index < -0.39 is 41.4 Å². The van der Waals surface area contributed by atoms with Gasteiger partial charge in [0.25, 0.3) is 0 Å². The summed E-state index contributed by atoms with van der Waals surface area (Å²) in [6.45, 7) is 0.753. The summed E-state index contributed by atoms with van der Waals surface area (Å²) in [4.78, 5) is 2.02. The van der Waals surface area contributed by atoms with E-state index in [0.717, 1.165) is 4.57 Å². The van der Waals surface area contributed by atoms with Gasteiger partial charge in [-0.25, -0.2) is 13.2 Å². The zero-order valence-electron chi connectivity index (χ0n) is 15.5. The second-order valence-electron chi connectivity index (χ2n) is 7.95. The van der Waals surface area contributed by atoms with Crippen molar-refractivity contribution in [2.45, 2.75) is 57.0 Å². The minimum Gasteiger partial charge on any atom is -0.327 e. The molecule has 5 nitrogen and oxygen atoms in total. The van der Waals surface area contributed by atoms with Crippen molar-refractivity contribution in [2.24, 2.45) is 17.6 Å². The summed E-state index contributed by atoms with van der Waals surface area (Å²) >= 11 is 0. The second kappa shape index (κ2) is 7.42. The third-order valence-corrected chi connectivity index (χ3v) is 6.27. The van der Waals surface area contributed by atoms with Crippen LogP contribution in [0.25, 0.3) is 0 Å². The number of aromatic nitrogens is 3. The molecule has 1 fully saturated rings. The quantitative estimate of drug-likeness (QED) is 0.741. The first-order valence-electron chi connectivity index (χ1n) is 9.55. The zero-order valence-corrected chi connectivity index (χ0v) is 15.5. The van der Waals surface area contributed by atoms with Crippen molar-refractivity contribution in [3.8, 4) is 0 Å². The predicted molar refractivity (Wildman–Crippen MR) is 91.1 cm³/mol. The fraction of sp³-hybridized carbons (Fsp3) is 0.667. The predicted octanol–water partition coefficient (Wildman–Crippen LogP) is 3.63. The van der Waals surface area contributed by atoms with Gasteiger partial charge in [0.1, 0.15) is 17.5 Å². The molecule has 11 heteroatoms. The van der Waals surface area contributed by atoms with Crippen molar-refractivity contribution in [3.63, 3.8) is 0 Å². The number of hydrogen-bond donors (Lipinski definition) is 1. The van der Waals surface area contributed by atoms with Gasteiger partial charge >= 0.3 is 6.18 Å². The Labute approximate surface area is 163 Å². The van der Waals surface area contributed by atoms with Crippen molar-refractivity contribution < 1.29 is 26.3 Å². The number of nitrogens with two attached hydrogens (primary N) is 1. The highest BCUT2D eigenvalue weighted by Gasteiger charge is 2.42. The molecule has 2 heterocycles. The van der Waals surface area contributed by atoms with Crippen LogP contribution in [0.4, 0.5) is 26.3 Å². The molecule has 1 unspecified atom stereocenters. The average Bonchev–Trinajstić information content (AvgIpc) is 3.08. The Morgan fingerprint density at radius 2 is 1.83 bits per heavy atom. The number of halogens is 6.